The lowest BCUT2D eigenvalue weighted by atomic mass is 9.80. The van der Waals surface area contributed by atoms with E-state index in [0.717, 1.165) is 45.3 Å². The van der Waals surface area contributed by atoms with Gasteiger partial charge in [-0.25, -0.2) is 0 Å². The molecule has 1 saturated heterocycles. The first-order chi connectivity index (χ1) is 8.91. The maximum atomic E-state index is 12.6. The normalized spacial score (nSPS) is 32.6. The Morgan fingerprint density at radius 2 is 1.79 bits per heavy atom. The molecular formula is C16H30N2O. The third-order valence-corrected chi connectivity index (χ3v) is 5.25. The quantitative estimate of drug-likeness (QED) is 0.835. The van der Waals surface area contributed by atoms with Crippen LogP contribution in [0.4, 0.5) is 0 Å². The van der Waals surface area contributed by atoms with Crippen LogP contribution in [0, 0.1) is 23.2 Å². The number of carbonyl (C=O) groups is 1. The minimum atomic E-state index is 0.279. The van der Waals surface area contributed by atoms with Gasteiger partial charge < -0.3 is 10.6 Å². The first-order valence-electron chi connectivity index (χ1n) is 7.90. The van der Waals surface area contributed by atoms with Crippen molar-refractivity contribution in [3.63, 3.8) is 0 Å². The van der Waals surface area contributed by atoms with E-state index in [0.29, 0.717) is 23.2 Å². The van der Waals surface area contributed by atoms with Gasteiger partial charge in [-0.15, -0.1) is 0 Å². The van der Waals surface area contributed by atoms with E-state index in [1.807, 2.05) is 0 Å². The maximum Gasteiger partial charge on any atom is 0.225 e. The van der Waals surface area contributed by atoms with Crippen LogP contribution in [0.3, 0.4) is 0 Å². The summed E-state index contributed by atoms with van der Waals surface area (Å²) in [7, 11) is 0. The van der Waals surface area contributed by atoms with Gasteiger partial charge >= 0.3 is 0 Å². The molecule has 2 rings (SSSR count). The molecule has 0 spiro atoms. The van der Waals surface area contributed by atoms with E-state index >= 15 is 0 Å². The number of likely N-dealkylation sites (tertiary alicyclic amines) is 1. The van der Waals surface area contributed by atoms with Crippen molar-refractivity contribution in [1.82, 2.24) is 4.90 Å². The Bertz CT molecular complexity index is 313. The molecule has 1 aliphatic heterocycles. The van der Waals surface area contributed by atoms with E-state index in [-0.39, 0.29) is 5.92 Å². The highest BCUT2D eigenvalue weighted by atomic mass is 16.2. The van der Waals surface area contributed by atoms with Gasteiger partial charge in [0.05, 0.1) is 0 Å². The molecule has 0 aromatic heterocycles. The third-order valence-electron chi connectivity index (χ3n) is 5.25. The number of nitrogens with zero attached hydrogens (tertiary/aromatic N) is 1. The lowest BCUT2D eigenvalue weighted by molar-refractivity contribution is -0.136. The van der Waals surface area contributed by atoms with Gasteiger partial charge in [0.2, 0.25) is 5.91 Å². The van der Waals surface area contributed by atoms with Crippen LogP contribution >= 0.6 is 0 Å². The van der Waals surface area contributed by atoms with Crippen molar-refractivity contribution < 1.29 is 4.79 Å². The van der Waals surface area contributed by atoms with Crippen molar-refractivity contribution in [2.75, 3.05) is 19.6 Å². The lowest BCUT2D eigenvalue weighted by Gasteiger charge is -2.31. The van der Waals surface area contributed by atoms with Crippen molar-refractivity contribution in [1.29, 1.82) is 0 Å². The van der Waals surface area contributed by atoms with E-state index in [9.17, 15) is 4.79 Å². The second-order valence-electron chi connectivity index (χ2n) is 7.59. The van der Waals surface area contributed by atoms with Crippen molar-refractivity contribution in [2.45, 2.75) is 52.9 Å². The van der Waals surface area contributed by atoms with Gasteiger partial charge in [-0.1, -0.05) is 20.8 Å². The molecule has 2 N–H and O–H groups in total. The molecule has 2 aliphatic rings. The van der Waals surface area contributed by atoms with Gasteiger partial charge in [-0.2, -0.15) is 0 Å². The molecule has 1 saturated carbocycles. The molecule has 0 aromatic rings. The fraction of sp³-hybridized carbons (Fsp3) is 0.938. The van der Waals surface area contributed by atoms with Gasteiger partial charge in [0.25, 0.3) is 0 Å². The average molecular weight is 266 g/mol. The summed E-state index contributed by atoms with van der Waals surface area (Å²) in [6, 6.07) is 0. The molecule has 0 radical (unpaired) electrons. The molecule has 110 valence electrons. The lowest BCUT2D eigenvalue weighted by Crippen LogP contribution is -2.37. The number of hydrogen-bond donors (Lipinski definition) is 1. The maximum absolute atomic E-state index is 12.6. The standard InChI is InChI=1S/C16H30N2O/c1-16(2,3)14-8-9-18(11-14)15(19)13-6-4-12(10-17)5-7-13/h12-14H,4-11,17H2,1-3H3. The van der Waals surface area contributed by atoms with Crippen molar-refractivity contribution in [2.24, 2.45) is 28.9 Å². The fourth-order valence-corrected chi connectivity index (χ4v) is 3.57. The molecule has 3 nitrogen and oxygen atoms in total. The number of nitrogens with two attached hydrogens (primary N) is 1. The highest BCUT2D eigenvalue weighted by molar-refractivity contribution is 5.79. The molecule has 2 fully saturated rings. The second kappa shape index (κ2) is 5.82. The Balaban J connectivity index is 1.85. The van der Waals surface area contributed by atoms with Crippen LogP contribution in [-0.2, 0) is 4.79 Å². The number of carbonyl (C=O) groups excluding carboxylic acids is 1. The number of amides is 1. The minimum Gasteiger partial charge on any atom is -0.342 e. The van der Waals surface area contributed by atoms with Crippen LogP contribution < -0.4 is 5.73 Å². The van der Waals surface area contributed by atoms with E-state index < -0.39 is 0 Å². The van der Waals surface area contributed by atoms with Crippen LogP contribution in [0.1, 0.15) is 52.9 Å². The molecule has 1 atom stereocenters. The topological polar surface area (TPSA) is 46.3 Å². The molecule has 0 bridgehead atoms. The smallest absolute Gasteiger partial charge is 0.225 e. The second-order valence-corrected chi connectivity index (χ2v) is 7.59. The van der Waals surface area contributed by atoms with Gasteiger partial charge in [-0.3, -0.25) is 4.79 Å². The van der Waals surface area contributed by atoms with Crippen LogP contribution in [0.2, 0.25) is 0 Å². The SMILES string of the molecule is CC(C)(C)C1CCN(C(=O)C2CCC(CN)CC2)C1. The molecule has 1 aliphatic carbocycles. The van der Waals surface area contributed by atoms with Crippen LogP contribution in [-0.4, -0.2) is 30.4 Å². The molecule has 3 heteroatoms. The summed E-state index contributed by atoms with van der Waals surface area (Å²) in [6.45, 7) is 9.60. The zero-order valence-corrected chi connectivity index (χ0v) is 12.8. The Kier molecular flexibility index (Phi) is 4.54. The Hall–Kier alpha value is -0.570. The highest BCUT2D eigenvalue weighted by Crippen LogP contribution is 2.36. The van der Waals surface area contributed by atoms with E-state index in [4.69, 9.17) is 5.73 Å². The first-order valence-corrected chi connectivity index (χ1v) is 7.90. The van der Waals surface area contributed by atoms with E-state index in [1.54, 1.807) is 0 Å². The Labute approximate surface area is 117 Å². The summed E-state index contributed by atoms with van der Waals surface area (Å²) in [6.07, 6.45) is 5.56. The first kappa shape index (κ1) is 14.8. The van der Waals surface area contributed by atoms with Gasteiger partial charge in [0.15, 0.2) is 0 Å². The third kappa shape index (κ3) is 3.50. The summed E-state index contributed by atoms with van der Waals surface area (Å²) in [5.41, 5.74) is 6.04. The molecule has 19 heavy (non-hydrogen) atoms. The monoisotopic (exact) mass is 266 g/mol. The Morgan fingerprint density at radius 3 is 2.26 bits per heavy atom. The molecule has 1 amide bonds. The summed E-state index contributed by atoms with van der Waals surface area (Å²) < 4.78 is 0. The van der Waals surface area contributed by atoms with Gasteiger partial charge in [0.1, 0.15) is 0 Å². The van der Waals surface area contributed by atoms with Crippen molar-refractivity contribution >= 4 is 5.91 Å². The van der Waals surface area contributed by atoms with Gasteiger partial charge in [-0.05, 0) is 55.9 Å². The summed E-state index contributed by atoms with van der Waals surface area (Å²) in [5.74, 6) is 2.02. The average Bonchev–Trinajstić information content (AvgIpc) is 2.87. The molecule has 0 aromatic carbocycles. The van der Waals surface area contributed by atoms with Crippen molar-refractivity contribution in [3.05, 3.63) is 0 Å². The number of rotatable bonds is 2. The predicted molar refractivity (Wildman–Crippen MR) is 78.6 cm³/mol. The molecule has 1 heterocycles. The number of hydrogen-bond acceptors (Lipinski definition) is 2. The zero-order valence-electron chi connectivity index (χ0n) is 12.8. The van der Waals surface area contributed by atoms with Crippen LogP contribution in [0.5, 0.6) is 0 Å². The van der Waals surface area contributed by atoms with Crippen molar-refractivity contribution in [3.8, 4) is 0 Å². The van der Waals surface area contributed by atoms with E-state index in [2.05, 4.69) is 25.7 Å². The summed E-state index contributed by atoms with van der Waals surface area (Å²) in [4.78, 5) is 14.7. The predicted octanol–water partition coefficient (Wildman–Crippen LogP) is 2.65. The van der Waals surface area contributed by atoms with Crippen LogP contribution in [0.25, 0.3) is 0 Å². The minimum absolute atomic E-state index is 0.279. The van der Waals surface area contributed by atoms with Gasteiger partial charge in [0, 0.05) is 19.0 Å². The fourth-order valence-electron chi connectivity index (χ4n) is 3.57. The van der Waals surface area contributed by atoms with Crippen LogP contribution in [0.15, 0.2) is 0 Å². The van der Waals surface area contributed by atoms with E-state index in [1.165, 1.54) is 6.42 Å². The summed E-state index contributed by atoms with van der Waals surface area (Å²) in [5, 5.41) is 0. The highest BCUT2D eigenvalue weighted by Gasteiger charge is 2.36. The molecule has 1 unspecified atom stereocenters. The zero-order chi connectivity index (χ0) is 14.0. The largest absolute Gasteiger partial charge is 0.342 e. The summed E-state index contributed by atoms with van der Waals surface area (Å²) >= 11 is 0. The Morgan fingerprint density at radius 1 is 1.16 bits per heavy atom. The molecular weight excluding hydrogens is 236 g/mol.